The van der Waals surface area contributed by atoms with Gasteiger partial charge in [0.25, 0.3) is 5.91 Å². The summed E-state index contributed by atoms with van der Waals surface area (Å²) in [5, 5.41) is 21.6. The number of hydrogen-bond donors (Lipinski definition) is 6. The van der Waals surface area contributed by atoms with Gasteiger partial charge in [0.2, 0.25) is 5.91 Å². The minimum absolute atomic E-state index is 0.0142. The Morgan fingerprint density at radius 3 is 2.67 bits per heavy atom. The summed E-state index contributed by atoms with van der Waals surface area (Å²) in [4.78, 5) is 41.2. The Kier molecular flexibility index (Phi) is 9.26. The van der Waals surface area contributed by atoms with Crippen LogP contribution < -0.4 is 31.4 Å². The summed E-state index contributed by atoms with van der Waals surface area (Å²) in [6.45, 7) is -0.0260. The lowest BCUT2D eigenvalue weighted by Gasteiger charge is -2.20. The highest BCUT2D eigenvalue weighted by atomic mass is 35.5. The molecule has 2 aliphatic heterocycles. The number of carboxylic acids is 1. The summed E-state index contributed by atoms with van der Waals surface area (Å²) in [7, 11) is 1.80. The first kappa shape index (κ1) is 30.6. The van der Waals surface area contributed by atoms with Crippen molar-refractivity contribution in [2.24, 2.45) is 4.99 Å². The number of alkyl halides is 4. The van der Waals surface area contributed by atoms with Gasteiger partial charge in [-0.05, 0) is 35.9 Å². The van der Waals surface area contributed by atoms with Crippen LogP contribution in [0.15, 0.2) is 35.3 Å². The van der Waals surface area contributed by atoms with Crippen molar-refractivity contribution in [3.05, 3.63) is 52.0 Å². The van der Waals surface area contributed by atoms with Crippen molar-refractivity contribution in [3.63, 3.8) is 0 Å². The van der Waals surface area contributed by atoms with E-state index in [1.807, 2.05) is 0 Å². The molecule has 6 N–H and O–H groups in total. The number of carbonyl (C=O) groups is 3. The van der Waals surface area contributed by atoms with E-state index < -0.39 is 55.1 Å². The number of carboxylic acid groups (broad SMARTS) is 1. The van der Waals surface area contributed by atoms with Crippen molar-refractivity contribution < 1.29 is 41.8 Å². The van der Waals surface area contributed by atoms with Gasteiger partial charge in [-0.15, -0.1) is 13.2 Å². The number of halogens is 5. The molecule has 2 atom stereocenters. The number of benzene rings is 2. The fourth-order valence-corrected chi connectivity index (χ4v) is 4.54. The summed E-state index contributed by atoms with van der Waals surface area (Å²) in [6, 6.07) is 4.82. The van der Waals surface area contributed by atoms with E-state index in [1.165, 1.54) is 6.07 Å². The van der Waals surface area contributed by atoms with Gasteiger partial charge in [0, 0.05) is 35.4 Å². The fraction of sp³-hybridized carbons (Fsp3) is 0.360. The highest BCUT2D eigenvalue weighted by molar-refractivity contribution is 6.30. The van der Waals surface area contributed by atoms with Crippen molar-refractivity contribution in [3.8, 4) is 5.75 Å². The molecule has 42 heavy (non-hydrogen) atoms. The molecule has 0 aliphatic carbocycles. The van der Waals surface area contributed by atoms with E-state index in [1.54, 1.807) is 24.2 Å². The molecule has 2 unspecified atom stereocenters. The molecule has 2 amide bonds. The van der Waals surface area contributed by atoms with Crippen molar-refractivity contribution in [2.75, 3.05) is 37.4 Å². The molecule has 0 bridgehead atoms. The molecule has 0 saturated heterocycles. The second-order valence-corrected chi connectivity index (χ2v) is 9.92. The lowest BCUT2D eigenvalue weighted by molar-refractivity contribution is -0.274. The maximum absolute atomic E-state index is 13.4. The number of nitrogens with one attached hydrogen (secondary N) is 5. The van der Waals surface area contributed by atoms with Gasteiger partial charge in [0.15, 0.2) is 5.96 Å². The average molecular weight is 616 g/mol. The number of nitrogens with zero attached hydrogens (tertiary/aromatic N) is 2. The topological polar surface area (TPSA) is 156 Å². The number of rotatable bonds is 9. The van der Waals surface area contributed by atoms with Crippen LogP contribution in [0, 0.1) is 0 Å². The van der Waals surface area contributed by atoms with Gasteiger partial charge < -0.3 is 36.5 Å². The molecular weight excluding hydrogens is 590 g/mol. The Hall–Kier alpha value is -4.31. The minimum Gasteiger partial charge on any atom is -0.481 e. The monoisotopic (exact) mass is 615 g/mol. The van der Waals surface area contributed by atoms with Crippen LogP contribution in [0.3, 0.4) is 0 Å². The summed E-state index contributed by atoms with van der Waals surface area (Å²) >= 11 is 5.89. The molecule has 2 heterocycles. The molecule has 4 rings (SSSR count). The van der Waals surface area contributed by atoms with Gasteiger partial charge in [-0.1, -0.05) is 11.6 Å². The van der Waals surface area contributed by atoms with E-state index in [0.717, 1.165) is 17.7 Å². The zero-order valence-electron chi connectivity index (χ0n) is 21.9. The molecule has 12 nitrogen and oxygen atoms in total. The first-order chi connectivity index (χ1) is 19.8. The number of hydrogen-bond acceptors (Lipinski definition) is 9. The molecule has 0 radical (unpaired) electrons. The van der Waals surface area contributed by atoms with Crippen LogP contribution in [-0.2, 0) is 16.1 Å². The van der Waals surface area contributed by atoms with Gasteiger partial charge in [0.05, 0.1) is 37.8 Å². The third-order valence-corrected chi connectivity index (χ3v) is 6.28. The number of hydrazine groups is 1. The largest absolute Gasteiger partial charge is 0.573 e. The standard InChI is InChI=1S/C25H26ClF4N7O5/c1-37-11-17-19(35-24-32-8-15(27)9-33-24)4-13(5-20(17)36-37)23(41)31-10-21(38)34-18(7-22(39)40)12-2-14(26)6-16(3-12)42-25(28,29)30/h2-6,15,18,36H,7-11H2,1H3,(H,31,41)(H,34,38)(H,39,40)(H2,32,33,35). The molecule has 17 heteroatoms. The molecular formula is C25H26ClF4N7O5. The average Bonchev–Trinajstić information content (AvgIpc) is 3.27. The lowest BCUT2D eigenvalue weighted by atomic mass is 10.0. The van der Waals surface area contributed by atoms with Crippen LogP contribution in [0.1, 0.15) is 33.9 Å². The Balaban J connectivity index is 1.45. The highest BCUT2D eigenvalue weighted by Gasteiger charge is 2.32. The van der Waals surface area contributed by atoms with Gasteiger partial charge >= 0.3 is 12.3 Å². The number of anilines is 2. The molecule has 2 aromatic carbocycles. The Labute approximate surface area is 241 Å². The Bertz CT molecular complexity index is 1410. The summed E-state index contributed by atoms with van der Waals surface area (Å²) in [5.74, 6) is -3.16. The lowest BCUT2D eigenvalue weighted by Crippen LogP contribution is -2.41. The Morgan fingerprint density at radius 1 is 1.24 bits per heavy atom. The van der Waals surface area contributed by atoms with E-state index in [9.17, 15) is 37.1 Å². The van der Waals surface area contributed by atoms with Crippen LogP contribution in [0.2, 0.25) is 5.02 Å². The first-order valence-corrected chi connectivity index (χ1v) is 12.8. The van der Waals surface area contributed by atoms with Crippen molar-refractivity contribution in [1.29, 1.82) is 0 Å². The predicted octanol–water partition coefficient (Wildman–Crippen LogP) is 2.78. The van der Waals surface area contributed by atoms with Crippen molar-refractivity contribution in [2.45, 2.75) is 31.5 Å². The molecule has 226 valence electrons. The summed E-state index contributed by atoms with van der Waals surface area (Å²) < 4.78 is 55.4. The number of ether oxygens (including phenoxy) is 1. The molecule has 0 fully saturated rings. The molecule has 0 aromatic heterocycles. The van der Waals surface area contributed by atoms with Gasteiger partial charge in [-0.2, -0.15) is 0 Å². The highest BCUT2D eigenvalue weighted by Crippen LogP contribution is 2.33. The fourth-order valence-electron chi connectivity index (χ4n) is 4.31. The predicted molar refractivity (Wildman–Crippen MR) is 144 cm³/mol. The number of carbonyl (C=O) groups excluding carboxylic acids is 2. The van der Waals surface area contributed by atoms with Gasteiger partial charge in [-0.25, -0.2) is 14.4 Å². The van der Waals surface area contributed by atoms with Crippen LogP contribution in [0.25, 0.3) is 0 Å². The zero-order chi connectivity index (χ0) is 30.6. The number of amides is 2. The number of aliphatic imine (C=N–C) groups is 1. The third-order valence-electron chi connectivity index (χ3n) is 6.06. The van der Waals surface area contributed by atoms with E-state index in [4.69, 9.17) is 11.6 Å². The van der Waals surface area contributed by atoms with E-state index in [2.05, 4.69) is 36.4 Å². The maximum Gasteiger partial charge on any atom is 0.573 e. The smallest absolute Gasteiger partial charge is 0.481 e. The quantitative estimate of drug-likeness (QED) is 0.234. The first-order valence-electron chi connectivity index (χ1n) is 12.5. The second-order valence-electron chi connectivity index (χ2n) is 9.48. The van der Waals surface area contributed by atoms with Crippen molar-refractivity contribution >= 4 is 46.7 Å². The normalized spacial score (nSPS) is 17.2. The van der Waals surface area contributed by atoms with Crippen molar-refractivity contribution in [1.82, 2.24) is 21.0 Å². The van der Waals surface area contributed by atoms with Crippen LogP contribution in [0.5, 0.6) is 5.75 Å². The maximum atomic E-state index is 13.4. The van der Waals surface area contributed by atoms with Crippen LogP contribution >= 0.6 is 11.6 Å². The SMILES string of the molecule is CN1Cc2c(NC3=NCC(F)CN3)cc(C(=O)NCC(=O)NC(CC(=O)O)c3cc(Cl)cc(OC(F)(F)F)c3)cc2N1. The molecule has 0 spiro atoms. The van der Waals surface area contributed by atoms with E-state index in [-0.39, 0.29) is 29.2 Å². The number of guanidine groups is 1. The second kappa shape index (κ2) is 12.7. The zero-order valence-corrected chi connectivity index (χ0v) is 22.7. The van der Waals surface area contributed by atoms with Crippen LogP contribution in [-0.4, -0.2) is 73.1 Å². The number of fused-ring (bicyclic) bond motifs is 1. The van der Waals surface area contributed by atoms with Crippen LogP contribution in [0.4, 0.5) is 28.9 Å². The van der Waals surface area contributed by atoms with E-state index >= 15 is 0 Å². The molecule has 2 aromatic rings. The number of aliphatic carboxylic acids is 1. The Morgan fingerprint density at radius 2 is 2.00 bits per heavy atom. The summed E-state index contributed by atoms with van der Waals surface area (Å²) in [5.41, 5.74) is 5.19. The molecule has 2 aliphatic rings. The van der Waals surface area contributed by atoms with E-state index in [0.29, 0.717) is 23.9 Å². The van der Waals surface area contributed by atoms with Gasteiger partial charge in [0.1, 0.15) is 11.9 Å². The molecule has 0 saturated carbocycles. The minimum atomic E-state index is -5.02. The third kappa shape index (κ3) is 8.36. The van der Waals surface area contributed by atoms with Gasteiger partial charge in [-0.3, -0.25) is 14.4 Å². The summed E-state index contributed by atoms with van der Waals surface area (Å²) in [6.07, 6.45) is -6.82.